The normalized spacial score (nSPS) is 10.1. The van der Waals surface area contributed by atoms with Crippen molar-refractivity contribution in [1.29, 1.82) is 5.26 Å². The molecule has 0 saturated carbocycles. The molecule has 2 rings (SSSR count). The largest absolute Gasteiger partial charge is 0.396 e. The maximum atomic E-state index is 8.86. The van der Waals surface area contributed by atoms with E-state index in [9.17, 15) is 0 Å². The van der Waals surface area contributed by atoms with Gasteiger partial charge in [-0.3, -0.25) is 0 Å². The van der Waals surface area contributed by atoms with Crippen molar-refractivity contribution in [3.05, 3.63) is 51.6 Å². The van der Waals surface area contributed by atoms with Crippen molar-refractivity contribution in [3.63, 3.8) is 0 Å². The molecular weight excluding hydrogens is 295 g/mol. The number of benzene rings is 1. The van der Waals surface area contributed by atoms with Crippen molar-refractivity contribution in [1.82, 2.24) is 4.98 Å². The van der Waals surface area contributed by atoms with Crippen LogP contribution >= 0.6 is 23.2 Å². The molecule has 1 aromatic heterocycles. The second-order valence-electron chi connectivity index (χ2n) is 4.16. The van der Waals surface area contributed by atoms with Gasteiger partial charge in [0, 0.05) is 16.6 Å². The van der Waals surface area contributed by atoms with E-state index in [0.29, 0.717) is 28.1 Å². The SMILES string of the molecule is N#Cc1nc(NCCc2ccc(Cl)cc2Cl)ccc1N. The molecule has 0 atom stereocenters. The summed E-state index contributed by atoms with van der Waals surface area (Å²) in [7, 11) is 0. The van der Waals surface area contributed by atoms with Crippen molar-refractivity contribution in [3.8, 4) is 6.07 Å². The highest BCUT2D eigenvalue weighted by atomic mass is 35.5. The van der Waals surface area contributed by atoms with Gasteiger partial charge in [0.2, 0.25) is 0 Å². The lowest BCUT2D eigenvalue weighted by Gasteiger charge is -2.08. The fourth-order valence-electron chi connectivity index (χ4n) is 1.71. The van der Waals surface area contributed by atoms with Gasteiger partial charge in [-0.15, -0.1) is 0 Å². The summed E-state index contributed by atoms with van der Waals surface area (Å²) in [4.78, 5) is 4.11. The first-order chi connectivity index (χ1) is 9.60. The number of hydrogen-bond acceptors (Lipinski definition) is 4. The van der Waals surface area contributed by atoms with Crippen molar-refractivity contribution in [2.45, 2.75) is 6.42 Å². The minimum atomic E-state index is 0.222. The molecule has 0 aliphatic rings. The van der Waals surface area contributed by atoms with Gasteiger partial charge in [-0.2, -0.15) is 5.26 Å². The molecule has 2 aromatic rings. The number of halogens is 2. The fraction of sp³-hybridized carbons (Fsp3) is 0.143. The van der Waals surface area contributed by atoms with E-state index in [-0.39, 0.29) is 5.69 Å². The average molecular weight is 307 g/mol. The Balaban J connectivity index is 1.98. The first-order valence-corrected chi connectivity index (χ1v) is 6.70. The molecule has 4 nitrogen and oxygen atoms in total. The molecule has 0 saturated heterocycles. The molecule has 0 aliphatic carbocycles. The zero-order valence-corrected chi connectivity index (χ0v) is 12.0. The van der Waals surface area contributed by atoms with Crippen molar-refractivity contribution in [2.75, 3.05) is 17.6 Å². The predicted octanol–water partition coefficient (Wildman–Crippen LogP) is 3.50. The quantitative estimate of drug-likeness (QED) is 0.906. The highest BCUT2D eigenvalue weighted by Gasteiger charge is 2.03. The smallest absolute Gasteiger partial charge is 0.165 e. The van der Waals surface area contributed by atoms with Crippen LogP contribution < -0.4 is 11.1 Å². The predicted molar refractivity (Wildman–Crippen MR) is 82.0 cm³/mol. The van der Waals surface area contributed by atoms with E-state index in [1.807, 2.05) is 12.1 Å². The summed E-state index contributed by atoms with van der Waals surface area (Å²) in [6.07, 6.45) is 0.726. The van der Waals surface area contributed by atoms with E-state index in [1.54, 1.807) is 24.3 Å². The third-order valence-corrected chi connectivity index (χ3v) is 3.33. The third-order valence-electron chi connectivity index (χ3n) is 2.75. The number of nitrogens with two attached hydrogens (primary N) is 1. The van der Waals surface area contributed by atoms with E-state index in [2.05, 4.69) is 10.3 Å². The molecule has 0 amide bonds. The average Bonchev–Trinajstić information content (AvgIpc) is 2.43. The number of hydrogen-bond donors (Lipinski definition) is 2. The summed E-state index contributed by atoms with van der Waals surface area (Å²) < 4.78 is 0. The Hall–Kier alpha value is -1.96. The Morgan fingerprint density at radius 1 is 1.25 bits per heavy atom. The number of nitrogens with zero attached hydrogens (tertiary/aromatic N) is 2. The molecule has 20 heavy (non-hydrogen) atoms. The summed E-state index contributed by atoms with van der Waals surface area (Å²) in [5, 5.41) is 13.2. The van der Waals surface area contributed by atoms with E-state index in [0.717, 1.165) is 12.0 Å². The van der Waals surface area contributed by atoms with E-state index in [1.165, 1.54) is 0 Å². The van der Waals surface area contributed by atoms with E-state index < -0.39 is 0 Å². The third kappa shape index (κ3) is 3.53. The molecule has 0 bridgehead atoms. The second kappa shape index (κ2) is 6.47. The van der Waals surface area contributed by atoms with Gasteiger partial charge in [-0.05, 0) is 36.2 Å². The van der Waals surface area contributed by atoms with Crippen LogP contribution in [-0.4, -0.2) is 11.5 Å². The highest BCUT2D eigenvalue weighted by molar-refractivity contribution is 6.35. The lowest BCUT2D eigenvalue weighted by molar-refractivity contribution is 1.01. The summed E-state index contributed by atoms with van der Waals surface area (Å²) in [5.74, 6) is 0.612. The Bertz CT molecular complexity index is 665. The number of nitriles is 1. The molecule has 0 radical (unpaired) electrons. The zero-order chi connectivity index (χ0) is 14.5. The molecule has 0 spiro atoms. The van der Waals surface area contributed by atoms with E-state index >= 15 is 0 Å². The second-order valence-corrected chi connectivity index (χ2v) is 5.00. The number of aromatic nitrogens is 1. The highest BCUT2D eigenvalue weighted by Crippen LogP contribution is 2.21. The molecule has 0 unspecified atom stereocenters. The Kier molecular flexibility index (Phi) is 4.67. The van der Waals surface area contributed by atoms with Gasteiger partial charge >= 0.3 is 0 Å². The molecule has 0 fully saturated rings. The molecule has 6 heteroatoms. The minimum Gasteiger partial charge on any atom is -0.396 e. The monoisotopic (exact) mass is 306 g/mol. The molecule has 1 aromatic carbocycles. The number of rotatable bonds is 4. The van der Waals surface area contributed by atoms with Gasteiger partial charge in [0.15, 0.2) is 5.69 Å². The number of anilines is 2. The molecule has 3 N–H and O–H groups in total. The van der Waals surface area contributed by atoms with Crippen LogP contribution in [0.15, 0.2) is 30.3 Å². The van der Waals surface area contributed by atoms with Crippen LogP contribution in [0, 0.1) is 11.3 Å². The summed E-state index contributed by atoms with van der Waals surface area (Å²) in [6.45, 7) is 0.642. The van der Waals surface area contributed by atoms with Crippen molar-refractivity contribution in [2.24, 2.45) is 0 Å². The van der Waals surface area contributed by atoms with Crippen LogP contribution in [0.1, 0.15) is 11.3 Å². The summed E-state index contributed by atoms with van der Waals surface area (Å²) in [5.41, 5.74) is 7.21. The van der Waals surface area contributed by atoms with Gasteiger partial charge in [0.05, 0.1) is 5.69 Å². The van der Waals surface area contributed by atoms with Gasteiger partial charge in [-0.1, -0.05) is 29.3 Å². The van der Waals surface area contributed by atoms with Gasteiger partial charge in [0.1, 0.15) is 11.9 Å². The fourth-order valence-corrected chi connectivity index (χ4v) is 2.21. The maximum absolute atomic E-state index is 8.86. The van der Waals surface area contributed by atoms with Crippen LogP contribution in [0.2, 0.25) is 10.0 Å². The lowest BCUT2D eigenvalue weighted by atomic mass is 10.1. The van der Waals surface area contributed by atoms with Gasteiger partial charge in [0.25, 0.3) is 0 Å². The number of nitrogens with one attached hydrogen (secondary N) is 1. The Morgan fingerprint density at radius 3 is 2.75 bits per heavy atom. The molecular formula is C14H12Cl2N4. The standard InChI is InChI=1S/C14H12Cl2N4/c15-10-2-1-9(11(16)7-10)5-6-19-14-4-3-12(18)13(8-17)20-14/h1-4,7H,5-6,18H2,(H,19,20). The van der Waals surface area contributed by atoms with Crippen LogP contribution in [0.3, 0.4) is 0 Å². The van der Waals surface area contributed by atoms with Crippen LogP contribution in [0.25, 0.3) is 0 Å². The number of pyridine rings is 1. The first-order valence-electron chi connectivity index (χ1n) is 5.94. The summed E-state index contributed by atoms with van der Waals surface area (Å²) in [6, 6.07) is 10.8. The van der Waals surface area contributed by atoms with E-state index in [4.69, 9.17) is 34.2 Å². The Labute approximate surface area is 127 Å². The zero-order valence-electron chi connectivity index (χ0n) is 10.5. The topological polar surface area (TPSA) is 74.7 Å². The molecule has 102 valence electrons. The number of nitrogen functional groups attached to an aromatic ring is 1. The lowest BCUT2D eigenvalue weighted by Crippen LogP contribution is -2.07. The van der Waals surface area contributed by atoms with Crippen LogP contribution in [0.4, 0.5) is 11.5 Å². The Morgan fingerprint density at radius 2 is 2.05 bits per heavy atom. The minimum absolute atomic E-state index is 0.222. The van der Waals surface area contributed by atoms with Gasteiger partial charge < -0.3 is 11.1 Å². The molecule has 0 aliphatic heterocycles. The van der Waals surface area contributed by atoms with Crippen molar-refractivity contribution < 1.29 is 0 Å². The molecule has 1 heterocycles. The first kappa shape index (κ1) is 14.4. The summed E-state index contributed by atoms with van der Waals surface area (Å²) >= 11 is 11.9. The van der Waals surface area contributed by atoms with Gasteiger partial charge in [-0.25, -0.2) is 4.98 Å². The van der Waals surface area contributed by atoms with Crippen LogP contribution in [-0.2, 0) is 6.42 Å². The van der Waals surface area contributed by atoms with Crippen molar-refractivity contribution >= 4 is 34.7 Å². The maximum Gasteiger partial charge on any atom is 0.165 e. The van der Waals surface area contributed by atoms with Crippen LogP contribution in [0.5, 0.6) is 0 Å².